The van der Waals surface area contributed by atoms with E-state index < -0.39 is 48.1 Å². The number of unbranched alkanes of at least 4 members (excludes halogenated alkanes) is 3. The Bertz CT molecular complexity index is 639. The fourth-order valence-corrected chi connectivity index (χ4v) is 2.70. The molecule has 12 nitrogen and oxygen atoms in total. The van der Waals surface area contributed by atoms with Crippen molar-refractivity contribution in [2.24, 2.45) is 22.9 Å². The number of amides is 2. The first kappa shape index (κ1) is 34.7. The average molecular weight is 517 g/mol. The summed E-state index contributed by atoms with van der Waals surface area (Å²) in [5.41, 5.74) is 22.2. The van der Waals surface area contributed by atoms with E-state index in [1.54, 1.807) is 0 Å². The monoisotopic (exact) mass is 516 g/mol. The maximum Gasteiger partial charge on any atom is 0.490 e. The number of hydrogen-bond acceptors (Lipinski definition) is 8. The van der Waals surface area contributed by atoms with Gasteiger partial charge in [0.15, 0.2) is 0 Å². The van der Waals surface area contributed by atoms with E-state index in [4.69, 9.17) is 32.8 Å². The number of nitrogens with two attached hydrogens (primary N) is 4. The number of hydrogen-bond donors (Lipinski definition) is 8. The minimum Gasteiger partial charge on any atom is -0.480 e. The van der Waals surface area contributed by atoms with Crippen LogP contribution < -0.4 is 33.6 Å². The van der Waals surface area contributed by atoms with Gasteiger partial charge in [-0.05, 0) is 71.0 Å². The van der Waals surface area contributed by atoms with Crippen LogP contribution in [0.25, 0.3) is 0 Å². The lowest BCUT2D eigenvalue weighted by Gasteiger charge is -2.23. The molecular weight excluding hydrogens is 477 g/mol. The van der Waals surface area contributed by atoms with Gasteiger partial charge in [0.2, 0.25) is 11.8 Å². The van der Waals surface area contributed by atoms with E-state index in [0.29, 0.717) is 58.2 Å². The molecule has 0 saturated heterocycles. The summed E-state index contributed by atoms with van der Waals surface area (Å²) in [7, 11) is 0. The lowest BCUT2D eigenvalue weighted by molar-refractivity contribution is -0.192. The van der Waals surface area contributed by atoms with Gasteiger partial charge in [-0.25, -0.2) is 9.59 Å². The number of halogens is 3. The molecule has 0 bridgehead atoms. The minimum absolute atomic E-state index is 0.278. The molecule has 0 aliphatic carbocycles. The lowest BCUT2D eigenvalue weighted by atomic mass is 10.0. The predicted octanol–water partition coefficient (Wildman–Crippen LogP) is -0.612. The molecule has 15 heteroatoms. The van der Waals surface area contributed by atoms with Gasteiger partial charge < -0.3 is 43.8 Å². The standard InChI is InChI=1S/C18H38N6O4.C2HF3O2/c19-10-4-1-7-13(22)16(25)23-14(8-2-5-11-20)17(26)24-15(18(27)28)9-3-6-12-21;3-2(4,5)1(6)7/h13-15H,1-12,19-22H2,(H,23,25)(H,24,26)(H,27,28);(H,6,7)/t13-,14-,15-;/m0./s1. The first-order valence-electron chi connectivity index (χ1n) is 11.3. The van der Waals surface area contributed by atoms with E-state index in [9.17, 15) is 32.7 Å². The summed E-state index contributed by atoms with van der Waals surface area (Å²) in [6.45, 7) is 1.46. The maximum absolute atomic E-state index is 12.6. The van der Waals surface area contributed by atoms with Gasteiger partial charge >= 0.3 is 18.1 Å². The third-order valence-electron chi connectivity index (χ3n) is 4.69. The van der Waals surface area contributed by atoms with E-state index >= 15 is 0 Å². The molecule has 0 heterocycles. The van der Waals surface area contributed by atoms with Crippen LogP contribution in [0.5, 0.6) is 0 Å². The number of carbonyl (C=O) groups excluding carboxylic acids is 2. The van der Waals surface area contributed by atoms with Gasteiger partial charge in [-0.15, -0.1) is 0 Å². The number of carboxylic acid groups (broad SMARTS) is 2. The highest BCUT2D eigenvalue weighted by atomic mass is 19.4. The normalized spacial score (nSPS) is 13.6. The van der Waals surface area contributed by atoms with Gasteiger partial charge in [-0.3, -0.25) is 9.59 Å². The number of nitrogens with one attached hydrogen (secondary N) is 2. The quantitative estimate of drug-likeness (QED) is 0.114. The third-order valence-corrected chi connectivity index (χ3v) is 4.69. The SMILES string of the molecule is NCCCC[C@H](NC(=O)[C@H](CCCCN)NC(=O)[C@@H](N)CCCCN)C(=O)O.O=C(O)C(F)(F)F. The number of alkyl halides is 3. The second kappa shape index (κ2) is 19.8. The van der Waals surface area contributed by atoms with Gasteiger partial charge in [-0.1, -0.05) is 6.42 Å². The van der Waals surface area contributed by atoms with Crippen molar-refractivity contribution in [2.45, 2.75) is 82.1 Å². The number of carboxylic acids is 2. The lowest BCUT2D eigenvalue weighted by Crippen LogP contribution is -2.54. The molecule has 2 amide bonds. The predicted molar refractivity (Wildman–Crippen MR) is 122 cm³/mol. The molecule has 0 aromatic heterocycles. The smallest absolute Gasteiger partial charge is 0.480 e. The van der Waals surface area contributed by atoms with E-state index in [1.807, 2.05) is 0 Å². The van der Waals surface area contributed by atoms with E-state index in [1.165, 1.54) is 0 Å². The first-order valence-corrected chi connectivity index (χ1v) is 11.3. The molecule has 0 aliphatic heterocycles. The molecule has 0 aromatic rings. The van der Waals surface area contributed by atoms with Crippen molar-refractivity contribution in [1.29, 1.82) is 0 Å². The number of rotatable bonds is 17. The Hall–Kier alpha value is -2.49. The Morgan fingerprint density at radius 3 is 1.43 bits per heavy atom. The first-order chi connectivity index (χ1) is 16.3. The van der Waals surface area contributed by atoms with Crippen LogP contribution in [-0.4, -0.2) is 77.9 Å². The van der Waals surface area contributed by atoms with Crippen molar-refractivity contribution >= 4 is 23.8 Å². The van der Waals surface area contributed by atoms with Gasteiger partial charge in [0.25, 0.3) is 0 Å². The molecule has 0 fully saturated rings. The Labute approximate surface area is 202 Å². The van der Waals surface area contributed by atoms with Crippen LogP contribution in [-0.2, 0) is 19.2 Å². The van der Waals surface area contributed by atoms with Crippen molar-refractivity contribution < 1.29 is 42.6 Å². The molecule has 35 heavy (non-hydrogen) atoms. The number of carbonyl (C=O) groups is 4. The molecular formula is C20H39F3N6O6. The van der Waals surface area contributed by atoms with Crippen molar-refractivity contribution in [3.63, 3.8) is 0 Å². The Morgan fingerprint density at radius 2 is 1.06 bits per heavy atom. The highest BCUT2D eigenvalue weighted by molar-refractivity contribution is 5.91. The summed E-state index contributed by atoms with van der Waals surface area (Å²) in [5, 5.41) is 21.6. The van der Waals surface area contributed by atoms with E-state index in [0.717, 1.165) is 12.8 Å². The molecule has 0 radical (unpaired) electrons. The highest BCUT2D eigenvalue weighted by Gasteiger charge is 2.38. The van der Waals surface area contributed by atoms with Crippen molar-refractivity contribution in [3.8, 4) is 0 Å². The fourth-order valence-electron chi connectivity index (χ4n) is 2.70. The maximum atomic E-state index is 12.6. The molecule has 0 aromatic carbocycles. The molecule has 12 N–H and O–H groups in total. The summed E-state index contributed by atoms with van der Waals surface area (Å²) in [6.07, 6.45) is 0.0970. The van der Waals surface area contributed by atoms with Gasteiger partial charge in [0.1, 0.15) is 12.1 Å². The minimum atomic E-state index is -5.08. The average Bonchev–Trinajstić information content (AvgIpc) is 2.77. The van der Waals surface area contributed by atoms with Crippen LogP contribution in [0.2, 0.25) is 0 Å². The molecule has 0 saturated carbocycles. The Balaban J connectivity index is 0. The zero-order valence-corrected chi connectivity index (χ0v) is 19.7. The second-order valence-electron chi connectivity index (χ2n) is 7.72. The molecule has 0 unspecified atom stereocenters. The summed E-state index contributed by atoms with van der Waals surface area (Å²) < 4.78 is 31.7. The Morgan fingerprint density at radius 1 is 0.686 bits per heavy atom. The molecule has 0 rings (SSSR count). The molecule has 206 valence electrons. The molecule has 3 atom stereocenters. The third kappa shape index (κ3) is 18.5. The van der Waals surface area contributed by atoms with Crippen LogP contribution in [0.3, 0.4) is 0 Å². The molecule has 0 spiro atoms. The zero-order valence-electron chi connectivity index (χ0n) is 19.7. The largest absolute Gasteiger partial charge is 0.490 e. The van der Waals surface area contributed by atoms with Crippen LogP contribution in [0.4, 0.5) is 13.2 Å². The van der Waals surface area contributed by atoms with Gasteiger partial charge in [0.05, 0.1) is 6.04 Å². The summed E-state index contributed by atoms with van der Waals surface area (Å²) in [6, 6.07) is -2.61. The summed E-state index contributed by atoms with van der Waals surface area (Å²) in [5.74, 6) is -4.83. The van der Waals surface area contributed by atoms with Crippen molar-refractivity contribution in [3.05, 3.63) is 0 Å². The Kier molecular flexibility index (Phi) is 19.6. The van der Waals surface area contributed by atoms with Crippen LogP contribution >= 0.6 is 0 Å². The van der Waals surface area contributed by atoms with Crippen LogP contribution in [0.1, 0.15) is 57.8 Å². The number of aliphatic carboxylic acids is 2. The summed E-state index contributed by atoms with van der Waals surface area (Å²) in [4.78, 5) is 45.2. The topological polar surface area (TPSA) is 237 Å². The van der Waals surface area contributed by atoms with Crippen LogP contribution in [0, 0.1) is 0 Å². The second-order valence-corrected chi connectivity index (χ2v) is 7.72. The summed E-state index contributed by atoms with van der Waals surface area (Å²) >= 11 is 0. The fraction of sp³-hybridized carbons (Fsp3) is 0.800. The zero-order chi connectivity index (χ0) is 27.4. The highest BCUT2D eigenvalue weighted by Crippen LogP contribution is 2.13. The van der Waals surface area contributed by atoms with Gasteiger partial charge in [-0.2, -0.15) is 13.2 Å². The van der Waals surface area contributed by atoms with Crippen LogP contribution in [0.15, 0.2) is 0 Å². The molecule has 0 aliphatic rings. The van der Waals surface area contributed by atoms with Crippen molar-refractivity contribution in [2.75, 3.05) is 19.6 Å². The van der Waals surface area contributed by atoms with E-state index in [2.05, 4.69) is 10.6 Å². The van der Waals surface area contributed by atoms with Crippen molar-refractivity contribution in [1.82, 2.24) is 10.6 Å². The van der Waals surface area contributed by atoms with E-state index in [-0.39, 0.29) is 6.42 Å². The van der Waals surface area contributed by atoms with Gasteiger partial charge in [0, 0.05) is 0 Å².